The molecule has 0 N–H and O–H groups in total. The van der Waals surface area contributed by atoms with Gasteiger partial charge in [-0.2, -0.15) is 0 Å². The fourth-order valence-corrected chi connectivity index (χ4v) is 0.885. The molecule has 0 aliphatic heterocycles. The van der Waals surface area contributed by atoms with E-state index in [0.29, 0.717) is 11.3 Å². The van der Waals surface area contributed by atoms with Crippen LogP contribution >= 0.6 is 11.6 Å². The van der Waals surface area contributed by atoms with Gasteiger partial charge in [0.2, 0.25) is 0 Å². The maximum absolute atomic E-state index is 12.1. The molecule has 0 amide bonds. The van der Waals surface area contributed by atoms with Gasteiger partial charge in [-0.05, 0) is 6.07 Å². The van der Waals surface area contributed by atoms with E-state index in [2.05, 4.69) is 4.98 Å². The van der Waals surface area contributed by atoms with E-state index in [1.54, 1.807) is 0 Å². The molecule has 1 aromatic heterocycles. The quantitative estimate of drug-likeness (QED) is 0.641. The fourth-order valence-electron chi connectivity index (χ4n) is 0.705. The molecular formula is C7H5ClFNO. The minimum Gasteiger partial charge on any atom is -0.296 e. The van der Waals surface area contributed by atoms with Crippen molar-refractivity contribution in [3.05, 3.63) is 28.5 Å². The molecule has 0 spiro atoms. The van der Waals surface area contributed by atoms with Gasteiger partial charge in [0.25, 0.3) is 0 Å². The van der Waals surface area contributed by atoms with Crippen LogP contribution in [0.3, 0.4) is 0 Å². The van der Waals surface area contributed by atoms with Crippen LogP contribution in [0.15, 0.2) is 12.3 Å². The molecule has 58 valence electrons. The van der Waals surface area contributed by atoms with Crippen molar-refractivity contribution >= 4 is 17.9 Å². The number of halogens is 2. The van der Waals surface area contributed by atoms with Gasteiger partial charge in [-0.25, -0.2) is 4.39 Å². The van der Waals surface area contributed by atoms with Crippen LogP contribution in [-0.2, 0) is 6.67 Å². The molecule has 0 aliphatic rings. The number of carbonyl (C=O) groups is 1. The summed E-state index contributed by atoms with van der Waals surface area (Å²) in [5, 5.41) is 0.336. The van der Waals surface area contributed by atoms with Crippen molar-refractivity contribution < 1.29 is 9.18 Å². The van der Waals surface area contributed by atoms with Crippen LogP contribution in [0.5, 0.6) is 0 Å². The van der Waals surface area contributed by atoms with E-state index < -0.39 is 6.67 Å². The summed E-state index contributed by atoms with van der Waals surface area (Å²) in [6, 6.07) is 1.39. The smallest absolute Gasteiger partial charge is 0.168 e. The van der Waals surface area contributed by atoms with Crippen molar-refractivity contribution in [2.45, 2.75) is 6.67 Å². The zero-order chi connectivity index (χ0) is 8.27. The van der Waals surface area contributed by atoms with Crippen molar-refractivity contribution in [3.63, 3.8) is 0 Å². The maximum Gasteiger partial charge on any atom is 0.168 e. The molecule has 0 saturated heterocycles. The van der Waals surface area contributed by atoms with Gasteiger partial charge in [0.1, 0.15) is 12.4 Å². The van der Waals surface area contributed by atoms with Gasteiger partial charge >= 0.3 is 0 Å². The number of nitrogens with zero attached hydrogens (tertiary/aromatic N) is 1. The first-order chi connectivity index (χ1) is 5.27. The minimum absolute atomic E-state index is 0.108. The topological polar surface area (TPSA) is 30.0 Å². The SMILES string of the molecule is O=Cc1ncc(Cl)cc1CF. The molecule has 1 rings (SSSR count). The molecule has 4 heteroatoms. The number of aldehydes is 1. The monoisotopic (exact) mass is 173 g/mol. The third-order valence-electron chi connectivity index (χ3n) is 1.22. The summed E-state index contributed by atoms with van der Waals surface area (Å²) in [6.07, 6.45) is 1.82. The highest BCUT2D eigenvalue weighted by atomic mass is 35.5. The predicted molar refractivity (Wildman–Crippen MR) is 39.4 cm³/mol. The first-order valence-corrected chi connectivity index (χ1v) is 3.31. The van der Waals surface area contributed by atoms with Gasteiger partial charge in [-0.1, -0.05) is 11.6 Å². The number of aromatic nitrogens is 1. The first kappa shape index (κ1) is 8.14. The van der Waals surface area contributed by atoms with E-state index in [1.807, 2.05) is 0 Å². The number of hydrogen-bond donors (Lipinski definition) is 0. The van der Waals surface area contributed by atoms with Crippen molar-refractivity contribution in [1.29, 1.82) is 0 Å². The number of alkyl halides is 1. The highest BCUT2D eigenvalue weighted by Gasteiger charge is 2.02. The van der Waals surface area contributed by atoms with E-state index in [0.717, 1.165) is 0 Å². The number of hydrogen-bond acceptors (Lipinski definition) is 2. The van der Waals surface area contributed by atoms with Gasteiger partial charge in [0.05, 0.1) is 5.02 Å². The van der Waals surface area contributed by atoms with Crippen LogP contribution in [0.1, 0.15) is 16.1 Å². The molecule has 0 radical (unpaired) electrons. The molecule has 0 aromatic carbocycles. The predicted octanol–water partition coefficient (Wildman–Crippen LogP) is 2.02. The highest BCUT2D eigenvalue weighted by Crippen LogP contribution is 2.12. The Bertz CT molecular complexity index is 277. The third-order valence-corrected chi connectivity index (χ3v) is 1.43. The Balaban J connectivity index is 3.16. The molecule has 0 saturated carbocycles. The summed E-state index contributed by atoms with van der Waals surface area (Å²) in [7, 11) is 0. The maximum atomic E-state index is 12.1. The zero-order valence-electron chi connectivity index (χ0n) is 5.55. The molecule has 0 atom stereocenters. The third kappa shape index (κ3) is 1.74. The molecule has 1 heterocycles. The summed E-state index contributed by atoms with van der Waals surface area (Å²) in [5.74, 6) is 0. The lowest BCUT2D eigenvalue weighted by molar-refractivity contribution is 0.111. The summed E-state index contributed by atoms with van der Waals surface area (Å²) < 4.78 is 12.1. The van der Waals surface area contributed by atoms with Crippen LogP contribution in [0.25, 0.3) is 0 Å². The average Bonchev–Trinajstić information content (AvgIpc) is 2.04. The average molecular weight is 174 g/mol. The zero-order valence-corrected chi connectivity index (χ0v) is 6.31. The Hall–Kier alpha value is -0.960. The Kier molecular flexibility index (Phi) is 2.54. The van der Waals surface area contributed by atoms with Crippen LogP contribution < -0.4 is 0 Å². The van der Waals surface area contributed by atoms with E-state index in [9.17, 15) is 9.18 Å². The lowest BCUT2D eigenvalue weighted by Gasteiger charge is -1.97. The highest BCUT2D eigenvalue weighted by molar-refractivity contribution is 6.30. The largest absolute Gasteiger partial charge is 0.296 e. The molecule has 0 unspecified atom stereocenters. The second-order valence-electron chi connectivity index (χ2n) is 1.95. The second-order valence-corrected chi connectivity index (χ2v) is 2.39. The van der Waals surface area contributed by atoms with Gasteiger partial charge in [0, 0.05) is 11.8 Å². The number of carbonyl (C=O) groups excluding carboxylic acids is 1. The van der Waals surface area contributed by atoms with Crippen LogP contribution in [0, 0.1) is 0 Å². The minimum atomic E-state index is -0.721. The van der Waals surface area contributed by atoms with E-state index >= 15 is 0 Å². The fraction of sp³-hybridized carbons (Fsp3) is 0.143. The first-order valence-electron chi connectivity index (χ1n) is 2.93. The molecule has 0 fully saturated rings. The molecule has 2 nitrogen and oxygen atoms in total. The Morgan fingerprint density at radius 3 is 3.00 bits per heavy atom. The van der Waals surface area contributed by atoms with Gasteiger partial charge < -0.3 is 0 Å². The van der Waals surface area contributed by atoms with Gasteiger partial charge in [-0.3, -0.25) is 9.78 Å². The molecular weight excluding hydrogens is 169 g/mol. The van der Waals surface area contributed by atoms with E-state index in [4.69, 9.17) is 11.6 Å². The number of rotatable bonds is 2. The normalized spacial score (nSPS) is 9.64. The van der Waals surface area contributed by atoms with Crippen LogP contribution in [0.2, 0.25) is 5.02 Å². The van der Waals surface area contributed by atoms with Gasteiger partial charge in [0.15, 0.2) is 6.29 Å². The summed E-state index contributed by atoms with van der Waals surface area (Å²) >= 11 is 5.51. The summed E-state index contributed by atoms with van der Waals surface area (Å²) in [4.78, 5) is 13.9. The molecule has 0 bridgehead atoms. The lowest BCUT2D eigenvalue weighted by Crippen LogP contribution is -1.93. The van der Waals surface area contributed by atoms with Crippen molar-refractivity contribution in [2.24, 2.45) is 0 Å². The van der Waals surface area contributed by atoms with Gasteiger partial charge in [-0.15, -0.1) is 0 Å². The lowest BCUT2D eigenvalue weighted by atomic mass is 10.2. The summed E-state index contributed by atoms with van der Waals surface area (Å²) in [5.41, 5.74) is 0.337. The van der Waals surface area contributed by atoms with Crippen molar-refractivity contribution in [1.82, 2.24) is 4.98 Å². The van der Waals surface area contributed by atoms with Crippen molar-refractivity contribution in [2.75, 3.05) is 0 Å². The Morgan fingerprint density at radius 2 is 2.45 bits per heavy atom. The summed E-state index contributed by atoms with van der Waals surface area (Å²) in [6.45, 7) is -0.721. The van der Waals surface area contributed by atoms with Crippen molar-refractivity contribution in [3.8, 4) is 0 Å². The molecule has 1 aromatic rings. The number of pyridine rings is 1. The Morgan fingerprint density at radius 1 is 1.73 bits per heavy atom. The van der Waals surface area contributed by atoms with Crippen LogP contribution in [0.4, 0.5) is 4.39 Å². The molecule has 11 heavy (non-hydrogen) atoms. The standard InChI is InChI=1S/C7H5ClFNO/c8-6-1-5(2-9)7(4-11)10-3-6/h1,3-4H,2H2. The van der Waals surface area contributed by atoms with Crippen LogP contribution in [-0.4, -0.2) is 11.3 Å². The van der Waals surface area contributed by atoms with E-state index in [-0.39, 0.29) is 11.3 Å². The molecule has 0 aliphatic carbocycles. The second kappa shape index (κ2) is 3.44. The van der Waals surface area contributed by atoms with E-state index in [1.165, 1.54) is 12.3 Å². The Labute approximate surface area is 68.0 Å².